The first-order valence-electron chi connectivity index (χ1n) is 11.7. The van der Waals surface area contributed by atoms with Gasteiger partial charge in [0, 0.05) is 16.9 Å². The van der Waals surface area contributed by atoms with Crippen LogP contribution in [-0.4, -0.2) is 36.7 Å². The van der Waals surface area contributed by atoms with Crippen molar-refractivity contribution in [1.29, 1.82) is 0 Å². The largest absolute Gasteiger partial charge is 0.497 e. The van der Waals surface area contributed by atoms with Crippen molar-refractivity contribution in [3.63, 3.8) is 0 Å². The molecule has 4 atom stereocenters. The molecule has 6 rings (SSSR count). The highest BCUT2D eigenvalue weighted by Crippen LogP contribution is 2.58. The van der Waals surface area contributed by atoms with Crippen LogP contribution in [-0.2, 0) is 15.0 Å². The Labute approximate surface area is 207 Å². The summed E-state index contributed by atoms with van der Waals surface area (Å²) in [5.41, 5.74) is 1.17. The lowest BCUT2D eigenvalue weighted by molar-refractivity contribution is -0.122. The summed E-state index contributed by atoms with van der Waals surface area (Å²) < 4.78 is 20.3. The van der Waals surface area contributed by atoms with Gasteiger partial charge in [-0.25, -0.2) is 4.39 Å². The van der Waals surface area contributed by atoms with Crippen molar-refractivity contribution in [3.05, 3.63) is 95.3 Å². The minimum atomic E-state index is -1.43. The first-order chi connectivity index (χ1) is 17.4. The maximum atomic E-state index is 14.9. The molecule has 180 valence electrons. The number of amides is 1. The zero-order valence-electron chi connectivity index (χ0n) is 19.7. The zero-order valence-corrected chi connectivity index (χ0v) is 19.7. The quantitative estimate of drug-likeness (QED) is 0.558. The van der Waals surface area contributed by atoms with Crippen LogP contribution in [0.4, 0.5) is 15.8 Å². The summed E-state index contributed by atoms with van der Waals surface area (Å²) in [5.74, 6) is -2.42. The van der Waals surface area contributed by atoms with E-state index in [2.05, 4.69) is 5.32 Å². The average Bonchev–Trinajstić information content (AvgIpc) is 3.36. The van der Waals surface area contributed by atoms with Crippen LogP contribution in [0.2, 0.25) is 0 Å². The van der Waals surface area contributed by atoms with E-state index >= 15 is 0 Å². The number of anilines is 2. The van der Waals surface area contributed by atoms with Crippen LogP contribution in [0.3, 0.4) is 0 Å². The number of carbonyl (C=O) groups excluding carboxylic acids is 3. The molecule has 1 saturated heterocycles. The monoisotopic (exact) mass is 482 g/mol. The molecule has 0 aromatic heterocycles. The molecule has 3 aromatic rings. The van der Waals surface area contributed by atoms with Crippen molar-refractivity contribution in [1.82, 2.24) is 0 Å². The van der Waals surface area contributed by atoms with Crippen molar-refractivity contribution in [2.45, 2.75) is 24.4 Å². The lowest BCUT2D eigenvalue weighted by Gasteiger charge is -2.37. The maximum absolute atomic E-state index is 14.9. The molecule has 0 bridgehead atoms. The summed E-state index contributed by atoms with van der Waals surface area (Å²) in [6, 6.07) is 16.8. The Kier molecular flexibility index (Phi) is 4.86. The molecule has 0 radical (unpaired) electrons. The van der Waals surface area contributed by atoms with E-state index in [-0.39, 0.29) is 17.3 Å². The molecule has 3 aliphatic heterocycles. The van der Waals surface area contributed by atoms with Gasteiger partial charge in [0.15, 0.2) is 11.6 Å². The van der Waals surface area contributed by atoms with Gasteiger partial charge in [0.2, 0.25) is 5.91 Å². The number of Topliss-reactive ketones (excluding diaryl/α,β-unsaturated/α-hetero) is 2. The number of nitrogens with one attached hydrogen (secondary N) is 1. The molecule has 1 fully saturated rings. The Morgan fingerprint density at radius 1 is 1.06 bits per heavy atom. The van der Waals surface area contributed by atoms with Crippen LogP contribution in [0.15, 0.2) is 72.8 Å². The minimum absolute atomic E-state index is 0.135. The number of hydrogen-bond donors (Lipinski definition) is 1. The van der Waals surface area contributed by atoms with Crippen LogP contribution in [0.5, 0.6) is 5.75 Å². The molecule has 3 heterocycles. The molecule has 0 saturated carbocycles. The first kappa shape index (κ1) is 22.2. The number of carbonyl (C=O) groups is 3. The topological polar surface area (TPSA) is 75.7 Å². The fraction of sp³-hybridized carbons (Fsp3) is 0.207. The first-order valence-corrected chi connectivity index (χ1v) is 11.7. The van der Waals surface area contributed by atoms with E-state index in [1.54, 1.807) is 31.4 Å². The summed E-state index contributed by atoms with van der Waals surface area (Å²) in [6.07, 6.45) is 3.76. The van der Waals surface area contributed by atoms with E-state index in [4.69, 9.17) is 4.74 Å². The van der Waals surface area contributed by atoms with Gasteiger partial charge in [-0.1, -0.05) is 42.5 Å². The molecular weight excluding hydrogens is 459 g/mol. The third kappa shape index (κ3) is 2.80. The Hall–Kier alpha value is -4.26. The lowest BCUT2D eigenvalue weighted by atomic mass is 9.64. The number of methoxy groups -OCH3 is 1. The Morgan fingerprint density at radius 2 is 1.81 bits per heavy atom. The van der Waals surface area contributed by atoms with Crippen molar-refractivity contribution in [2.75, 3.05) is 17.3 Å². The SMILES string of the molecule is COc1ccc2c(c1)C=C[C@@H]1N2[C@@H](C(C)=O)[C@H](C(=O)c2ccccc2F)[C@@]12C(=O)Nc1ccccc12. The Bertz CT molecular complexity index is 1480. The van der Waals surface area contributed by atoms with Crippen molar-refractivity contribution in [3.8, 4) is 5.75 Å². The fourth-order valence-electron chi connectivity index (χ4n) is 6.27. The van der Waals surface area contributed by atoms with Gasteiger partial charge in [0.1, 0.15) is 17.0 Å². The molecule has 3 aliphatic rings. The van der Waals surface area contributed by atoms with Crippen LogP contribution >= 0.6 is 0 Å². The van der Waals surface area contributed by atoms with E-state index in [0.717, 1.165) is 5.56 Å². The second-order valence-corrected chi connectivity index (χ2v) is 9.38. The van der Waals surface area contributed by atoms with Gasteiger partial charge < -0.3 is 15.0 Å². The molecule has 6 nitrogen and oxygen atoms in total. The van der Waals surface area contributed by atoms with Gasteiger partial charge in [-0.05, 0) is 48.9 Å². The van der Waals surface area contributed by atoms with Crippen molar-refractivity contribution < 1.29 is 23.5 Å². The second-order valence-electron chi connectivity index (χ2n) is 9.38. The van der Waals surface area contributed by atoms with E-state index in [9.17, 15) is 18.8 Å². The Balaban J connectivity index is 1.66. The van der Waals surface area contributed by atoms with Crippen molar-refractivity contribution >= 4 is 34.9 Å². The van der Waals surface area contributed by atoms with Crippen LogP contribution in [0.25, 0.3) is 6.08 Å². The third-order valence-electron chi connectivity index (χ3n) is 7.68. The summed E-state index contributed by atoms with van der Waals surface area (Å²) in [7, 11) is 1.57. The van der Waals surface area contributed by atoms with Gasteiger partial charge >= 0.3 is 0 Å². The standard InChI is InChI=1S/C29H23FN2O4/c1-16(33)26-25(27(34)19-7-3-5-9-21(19)30)29(20-8-4-6-10-22(20)31-28(29)35)24-14-11-17-15-18(36-2)12-13-23(17)32(24)26/h3-15,24-26H,1-2H3,(H,31,35)/t24-,25+,26-,29-/m0/s1. The smallest absolute Gasteiger partial charge is 0.238 e. The summed E-state index contributed by atoms with van der Waals surface area (Å²) in [5, 5.41) is 2.94. The fourth-order valence-corrected chi connectivity index (χ4v) is 6.27. The molecule has 1 N–H and O–H groups in total. The number of ether oxygens (including phenoxy) is 1. The minimum Gasteiger partial charge on any atom is -0.497 e. The predicted octanol–water partition coefficient (Wildman–Crippen LogP) is 4.40. The molecular formula is C29H23FN2O4. The van der Waals surface area contributed by atoms with E-state index in [0.29, 0.717) is 22.7 Å². The summed E-state index contributed by atoms with van der Waals surface area (Å²) in [6.45, 7) is 1.42. The number of halogens is 1. The summed E-state index contributed by atoms with van der Waals surface area (Å²) >= 11 is 0. The van der Waals surface area contributed by atoms with E-state index in [1.165, 1.54) is 25.1 Å². The molecule has 3 aromatic carbocycles. The number of nitrogens with zero attached hydrogens (tertiary/aromatic N) is 1. The van der Waals surface area contributed by atoms with Gasteiger partial charge in [-0.3, -0.25) is 14.4 Å². The van der Waals surface area contributed by atoms with Crippen LogP contribution in [0.1, 0.15) is 28.4 Å². The van der Waals surface area contributed by atoms with Crippen LogP contribution < -0.4 is 15.0 Å². The Morgan fingerprint density at radius 3 is 2.56 bits per heavy atom. The number of para-hydroxylation sites is 1. The average molecular weight is 483 g/mol. The second kappa shape index (κ2) is 7.88. The molecule has 36 heavy (non-hydrogen) atoms. The van der Waals surface area contributed by atoms with E-state index < -0.39 is 35.0 Å². The highest BCUT2D eigenvalue weighted by Gasteiger charge is 2.70. The molecule has 0 unspecified atom stereocenters. The van der Waals surface area contributed by atoms with Gasteiger partial charge in [0.05, 0.1) is 30.7 Å². The number of benzene rings is 3. The maximum Gasteiger partial charge on any atom is 0.238 e. The number of ketones is 2. The molecule has 1 amide bonds. The molecule has 1 spiro atoms. The normalized spacial score (nSPS) is 25.2. The van der Waals surface area contributed by atoms with E-state index in [1.807, 2.05) is 41.3 Å². The van der Waals surface area contributed by atoms with Gasteiger partial charge in [-0.15, -0.1) is 0 Å². The van der Waals surface area contributed by atoms with Crippen LogP contribution in [0, 0.1) is 11.7 Å². The molecule has 0 aliphatic carbocycles. The lowest BCUT2D eigenvalue weighted by Crippen LogP contribution is -2.51. The number of rotatable bonds is 4. The highest BCUT2D eigenvalue weighted by molar-refractivity contribution is 6.16. The van der Waals surface area contributed by atoms with Crippen molar-refractivity contribution in [2.24, 2.45) is 5.92 Å². The number of hydrogen-bond acceptors (Lipinski definition) is 5. The zero-order chi connectivity index (χ0) is 25.2. The molecule has 7 heteroatoms. The number of fused-ring (bicyclic) bond motifs is 6. The third-order valence-corrected chi connectivity index (χ3v) is 7.68. The predicted molar refractivity (Wildman–Crippen MR) is 134 cm³/mol. The highest BCUT2D eigenvalue weighted by atomic mass is 19.1. The van der Waals surface area contributed by atoms with Gasteiger partial charge in [0.25, 0.3) is 0 Å². The van der Waals surface area contributed by atoms with Gasteiger partial charge in [-0.2, -0.15) is 0 Å². The summed E-state index contributed by atoms with van der Waals surface area (Å²) in [4.78, 5) is 43.4.